The van der Waals surface area contributed by atoms with Crippen molar-refractivity contribution >= 4 is 50.5 Å². The Bertz CT molecular complexity index is 1520. The lowest BCUT2D eigenvalue weighted by molar-refractivity contribution is -0.159. The van der Waals surface area contributed by atoms with Crippen LogP contribution in [0.5, 0.6) is 0 Å². The number of fused-ring (bicyclic) bond motifs is 1. The third-order valence-electron chi connectivity index (χ3n) is 8.01. The number of amides is 2. The van der Waals surface area contributed by atoms with Crippen molar-refractivity contribution in [3.8, 4) is 0 Å². The molecule has 1 heterocycles. The van der Waals surface area contributed by atoms with Crippen molar-refractivity contribution in [2.45, 2.75) is 56.5 Å². The van der Waals surface area contributed by atoms with Crippen molar-refractivity contribution in [3.63, 3.8) is 0 Å². The number of sulfonamides is 1. The van der Waals surface area contributed by atoms with Gasteiger partial charge in [-0.15, -0.1) is 0 Å². The number of guanidine groups is 1. The fourth-order valence-corrected chi connectivity index (χ4v) is 6.63. The Balaban J connectivity index is 1.94. The second-order valence-corrected chi connectivity index (χ2v) is 13.0. The zero-order valence-corrected chi connectivity index (χ0v) is 26.5. The Morgan fingerprint density at radius 3 is 2.49 bits per heavy atom. The van der Waals surface area contributed by atoms with E-state index >= 15 is 0 Å². The second-order valence-electron chi connectivity index (χ2n) is 11.2. The monoisotopic (exact) mass is 646 g/mol. The Morgan fingerprint density at radius 2 is 1.87 bits per heavy atom. The van der Waals surface area contributed by atoms with E-state index < -0.39 is 64.7 Å². The average Bonchev–Trinajstić information content (AvgIpc) is 3.02. The van der Waals surface area contributed by atoms with Crippen LogP contribution >= 0.6 is 0 Å². The summed E-state index contributed by atoms with van der Waals surface area (Å²) in [6.45, 7) is 3.73. The van der Waals surface area contributed by atoms with Crippen LogP contribution in [0.1, 0.15) is 39.5 Å². The number of carbonyl (C=O) groups excluding carboxylic acids is 3. The first-order chi connectivity index (χ1) is 21.3. The van der Waals surface area contributed by atoms with E-state index in [0.29, 0.717) is 24.9 Å². The Hall–Kier alpha value is -4.24. The highest BCUT2D eigenvalue weighted by Gasteiger charge is 2.40. The first-order valence-electron chi connectivity index (χ1n) is 14.7. The minimum absolute atomic E-state index is 0.0346. The molecule has 15 heteroatoms. The van der Waals surface area contributed by atoms with Crippen LogP contribution in [0.25, 0.3) is 10.8 Å². The molecule has 1 aliphatic heterocycles. The molecule has 2 aromatic carbocycles. The number of esters is 1. The maximum Gasteiger partial charge on any atom is 0.328 e. The first kappa shape index (κ1) is 35.2. The average molecular weight is 647 g/mol. The van der Waals surface area contributed by atoms with Crippen LogP contribution in [0.15, 0.2) is 47.4 Å². The summed E-state index contributed by atoms with van der Waals surface area (Å²) in [5.41, 5.74) is 5.61. The van der Waals surface area contributed by atoms with E-state index in [4.69, 9.17) is 15.9 Å². The SMILES string of the molecule is CC[C@H](C)[C@@H](C(=O)OC)N(CC(=O)O)C(=O)[C@H](CC(=O)NC[C@@H]1CCCN(C(=N)N)C1)NS(=O)(=O)c1ccc2ccccc2c1. The predicted octanol–water partition coefficient (Wildman–Crippen LogP) is 1.10. The van der Waals surface area contributed by atoms with Gasteiger partial charge in [0.25, 0.3) is 0 Å². The third kappa shape index (κ3) is 9.38. The van der Waals surface area contributed by atoms with E-state index in [1.165, 1.54) is 12.1 Å². The summed E-state index contributed by atoms with van der Waals surface area (Å²) in [5.74, 6) is -4.69. The molecule has 0 unspecified atom stereocenters. The fraction of sp³-hybridized carbons (Fsp3) is 0.500. The molecule has 0 aromatic heterocycles. The van der Waals surface area contributed by atoms with Gasteiger partial charge in [-0.2, -0.15) is 4.72 Å². The number of carboxylic acids is 1. The molecule has 4 atom stereocenters. The van der Waals surface area contributed by atoms with Gasteiger partial charge < -0.3 is 30.7 Å². The van der Waals surface area contributed by atoms with Crippen molar-refractivity contribution in [2.24, 2.45) is 17.6 Å². The van der Waals surface area contributed by atoms with Crippen molar-refractivity contribution in [1.82, 2.24) is 19.8 Å². The molecule has 0 saturated carbocycles. The summed E-state index contributed by atoms with van der Waals surface area (Å²) in [7, 11) is -3.31. The molecule has 45 heavy (non-hydrogen) atoms. The number of hydrogen-bond donors (Lipinski definition) is 5. The summed E-state index contributed by atoms with van der Waals surface area (Å²) < 4.78 is 34.4. The van der Waals surface area contributed by atoms with Crippen molar-refractivity contribution in [1.29, 1.82) is 5.41 Å². The van der Waals surface area contributed by atoms with Crippen LogP contribution in [0.3, 0.4) is 0 Å². The largest absolute Gasteiger partial charge is 0.480 e. The molecule has 3 rings (SSSR count). The van der Waals surface area contributed by atoms with Crippen LogP contribution in [-0.4, -0.2) is 98.4 Å². The molecule has 246 valence electrons. The molecule has 1 saturated heterocycles. The Morgan fingerprint density at radius 1 is 1.18 bits per heavy atom. The standard InChI is InChI=1S/C30H42N6O8S/c1-4-19(2)27(29(41)44-3)36(18-26(38)39)28(40)24(15-25(37)33-16-20-8-7-13-35(17-20)30(31)32)34-45(42,43)23-12-11-21-9-5-6-10-22(21)14-23/h5-6,9-12,14,19-20,24,27,34H,4,7-8,13,15-18H2,1-3H3,(H3,31,32)(H,33,37)(H,38,39)/t19-,20-,24-,27-/m0/s1. The number of piperidine rings is 1. The molecule has 0 spiro atoms. The Labute approximate surface area is 262 Å². The first-order valence-corrected chi connectivity index (χ1v) is 16.2. The fourth-order valence-electron chi connectivity index (χ4n) is 5.41. The van der Waals surface area contributed by atoms with Crippen LogP contribution in [0.4, 0.5) is 0 Å². The highest BCUT2D eigenvalue weighted by atomic mass is 32.2. The van der Waals surface area contributed by atoms with Gasteiger partial charge in [0.05, 0.1) is 18.4 Å². The number of nitrogens with one attached hydrogen (secondary N) is 3. The lowest BCUT2D eigenvalue weighted by Gasteiger charge is -2.35. The number of rotatable bonds is 14. The van der Waals surface area contributed by atoms with Crippen LogP contribution in [0.2, 0.25) is 0 Å². The van der Waals surface area contributed by atoms with Gasteiger partial charge in [-0.3, -0.25) is 19.8 Å². The molecule has 6 N–H and O–H groups in total. The van der Waals surface area contributed by atoms with E-state index in [0.717, 1.165) is 30.2 Å². The topological polar surface area (TPSA) is 212 Å². The number of hydrogen-bond acceptors (Lipinski definition) is 8. The van der Waals surface area contributed by atoms with Gasteiger partial charge >= 0.3 is 11.9 Å². The lowest BCUT2D eigenvalue weighted by Crippen LogP contribution is -2.58. The van der Waals surface area contributed by atoms with Crippen LogP contribution in [0, 0.1) is 17.2 Å². The number of ether oxygens (including phenoxy) is 1. The minimum atomic E-state index is -4.42. The summed E-state index contributed by atoms with van der Waals surface area (Å²) in [4.78, 5) is 54.2. The number of nitrogens with zero attached hydrogens (tertiary/aromatic N) is 2. The third-order valence-corrected chi connectivity index (χ3v) is 9.48. The van der Waals surface area contributed by atoms with Crippen molar-refractivity contribution < 1.29 is 37.4 Å². The minimum Gasteiger partial charge on any atom is -0.480 e. The molecular weight excluding hydrogens is 604 g/mol. The molecular formula is C30H42N6O8S. The maximum atomic E-state index is 14.0. The predicted molar refractivity (Wildman–Crippen MR) is 167 cm³/mol. The normalized spacial score (nSPS) is 17.1. The molecule has 0 bridgehead atoms. The molecule has 1 fully saturated rings. The van der Waals surface area contributed by atoms with E-state index in [-0.39, 0.29) is 23.3 Å². The number of aliphatic carboxylic acids is 1. The van der Waals surface area contributed by atoms with E-state index in [1.807, 2.05) is 6.07 Å². The summed E-state index contributed by atoms with van der Waals surface area (Å²) in [6.07, 6.45) is 1.24. The highest BCUT2D eigenvalue weighted by molar-refractivity contribution is 7.89. The zero-order chi connectivity index (χ0) is 33.3. The number of carboxylic acid groups (broad SMARTS) is 1. The zero-order valence-electron chi connectivity index (χ0n) is 25.7. The van der Waals surface area contributed by atoms with Gasteiger partial charge in [0.1, 0.15) is 18.6 Å². The van der Waals surface area contributed by atoms with Crippen molar-refractivity contribution in [2.75, 3.05) is 33.3 Å². The quantitative estimate of drug-likeness (QED) is 0.112. The number of likely N-dealkylation sites (tertiary alicyclic amines) is 1. The number of methoxy groups -OCH3 is 1. The molecule has 2 aromatic rings. The second kappa shape index (κ2) is 15.7. The number of carbonyl (C=O) groups is 4. The lowest BCUT2D eigenvalue weighted by atomic mass is 9.96. The Kier molecular flexibility index (Phi) is 12.3. The molecule has 0 aliphatic carbocycles. The number of benzene rings is 2. The van der Waals surface area contributed by atoms with E-state index in [1.54, 1.807) is 43.0 Å². The molecule has 1 aliphatic rings. The summed E-state index contributed by atoms with van der Waals surface area (Å²) >= 11 is 0. The van der Waals surface area contributed by atoms with Crippen LogP contribution < -0.4 is 15.8 Å². The van der Waals surface area contributed by atoms with Gasteiger partial charge in [0.2, 0.25) is 21.8 Å². The number of nitrogens with two attached hydrogens (primary N) is 1. The van der Waals surface area contributed by atoms with Gasteiger partial charge in [0, 0.05) is 19.6 Å². The van der Waals surface area contributed by atoms with Gasteiger partial charge in [-0.25, -0.2) is 13.2 Å². The summed E-state index contributed by atoms with van der Waals surface area (Å²) in [6, 6.07) is 8.38. The molecule has 0 radical (unpaired) electrons. The molecule has 2 amide bonds. The molecule has 14 nitrogen and oxygen atoms in total. The smallest absolute Gasteiger partial charge is 0.328 e. The van der Waals surface area contributed by atoms with E-state index in [2.05, 4.69) is 10.0 Å². The van der Waals surface area contributed by atoms with E-state index in [9.17, 15) is 32.7 Å². The van der Waals surface area contributed by atoms with Crippen molar-refractivity contribution in [3.05, 3.63) is 42.5 Å². The van der Waals surface area contributed by atoms with Gasteiger partial charge in [0.15, 0.2) is 5.96 Å². The van der Waals surface area contributed by atoms with Gasteiger partial charge in [-0.05, 0) is 47.6 Å². The summed E-state index contributed by atoms with van der Waals surface area (Å²) in [5, 5.41) is 21.5. The van der Waals surface area contributed by atoms with Gasteiger partial charge in [-0.1, -0.05) is 50.6 Å². The highest BCUT2D eigenvalue weighted by Crippen LogP contribution is 2.22. The van der Waals surface area contributed by atoms with Crippen LogP contribution in [-0.2, 0) is 33.9 Å². The maximum absolute atomic E-state index is 14.0.